The minimum absolute atomic E-state index is 0.242. The first-order chi connectivity index (χ1) is 15.9. The monoisotopic (exact) mass is 505 g/mol. The molecular weight excluding hydrogens is 484 g/mol. The van der Waals surface area contributed by atoms with E-state index in [9.17, 15) is 9.18 Å². The minimum Gasteiger partial charge on any atom is -0.491 e. The fourth-order valence-electron chi connectivity index (χ4n) is 3.01. The third-order valence-electron chi connectivity index (χ3n) is 4.64. The molecule has 0 saturated carbocycles. The molecule has 0 spiro atoms. The van der Waals surface area contributed by atoms with Gasteiger partial charge in [-0.25, -0.2) is 14.2 Å². The van der Waals surface area contributed by atoms with Gasteiger partial charge in [0.15, 0.2) is 0 Å². The molecule has 0 aliphatic rings. The first kappa shape index (κ1) is 25.1. The van der Waals surface area contributed by atoms with Crippen LogP contribution in [-0.2, 0) is 17.0 Å². The predicted octanol–water partition coefficient (Wildman–Crippen LogP) is 7.32. The lowest BCUT2D eigenvalue weighted by Gasteiger charge is -2.11. The van der Waals surface area contributed by atoms with Crippen molar-refractivity contribution in [3.05, 3.63) is 93.5 Å². The molecule has 0 atom stereocenters. The van der Waals surface area contributed by atoms with E-state index >= 15 is 0 Å². The van der Waals surface area contributed by atoms with E-state index in [0.29, 0.717) is 33.8 Å². The number of carboxylic acids is 1. The molecule has 4 nitrogen and oxygen atoms in total. The standard InChI is InChI=1S/C25H22Cl2FNO3S/c26-20-5-3-6-21(27)25(20)33-16-19-11-13-23(22(29-19)12-14-24(30)31)32-15-2-1-4-17-7-9-18(28)10-8-17/h3,5-14H,1-2,4,15-16H2,(H,30,31)/b14-12+. The van der Waals surface area contributed by atoms with Gasteiger partial charge in [0.1, 0.15) is 17.3 Å². The summed E-state index contributed by atoms with van der Waals surface area (Å²) in [6, 6.07) is 15.4. The van der Waals surface area contributed by atoms with E-state index in [-0.39, 0.29) is 5.82 Å². The van der Waals surface area contributed by atoms with Crippen molar-refractivity contribution in [1.29, 1.82) is 0 Å². The van der Waals surface area contributed by atoms with Crippen LogP contribution in [0.4, 0.5) is 4.39 Å². The Morgan fingerprint density at radius 2 is 1.79 bits per heavy atom. The number of ether oxygens (including phenoxy) is 1. The molecule has 33 heavy (non-hydrogen) atoms. The minimum atomic E-state index is -1.07. The van der Waals surface area contributed by atoms with Crippen LogP contribution in [0.15, 0.2) is 65.6 Å². The summed E-state index contributed by atoms with van der Waals surface area (Å²) in [4.78, 5) is 16.3. The number of hydrogen-bond donors (Lipinski definition) is 1. The van der Waals surface area contributed by atoms with Crippen molar-refractivity contribution >= 4 is 47.0 Å². The Hall–Kier alpha value is -2.54. The molecule has 172 valence electrons. The van der Waals surface area contributed by atoms with Crippen LogP contribution in [0.1, 0.15) is 29.8 Å². The van der Waals surface area contributed by atoms with Gasteiger partial charge < -0.3 is 9.84 Å². The topological polar surface area (TPSA) is 59.4 Å². The van der Waals surface area contributed by atoms with Gasteiger partial charge in [0, 0.05) is 16.7 Å². The third-order valence-corrected chi connectivity index (χ3v) is 6.66. The number of carbonyl (C=O) groups is 1. The molecule has 8 heteroatoms. The number of unbranched alkanes of at least 4 members (excludes halogenated alkanes) is 1. The Kier molecular flexibility index (Phi) is 9.61. The van der Waals surface area contributed by atoms with Gasteiger partial charge in [0.25, 0.3) is 0 Å². The number of rotatable bonds is 11. The Morgan fingerprint density at radius 1 is 1.06 bits per heavy atom. The number of pyridine rings is 1. The maximum absolute atomic E-state index is 13.0. The van der Waals surface area contributed by atoms with E-state index in [0.717, 1.165) is 41.5 Å². The highest BCUT2D eigenvalue weighted by Crippen LogP contribution is 2.35. The van der Waals surface area contributed by atoms with E-state index in [1.807, 2.05) is 6.07 Å². The summed E-state index contributed by atoms with van der Waals surface area (Å²) >= 11 is 13.9. The van der Waals surface area contributed by atoms with Crippen LogP contribution in [0.2, 0.25) is 10.0 Å². The van der Waals surface area contributed by atoms with E-state index in [1.54, 1.807) is 36.4 Å². The normalized spacial score (nSPS) is 11.1. The van der Waals surface area contributed by atoms with Crippen molar-refractivity contribution in [2.45, 2.75) is 29.9 Å². The SMILES string of the molecule is O=C(O)/C=C/c1nc(CSc2c(Cl)cccc2Cl)ccc1OCCCCc1ccc(F)cc1. The largest absolute Gasteiger partial charge is 0.491 e. The molecule has 0 radical (unpaired) electrons. The quantitative estimate of drug-likeness (QED) is 0.168. The lowest BCUT2D eigenvalue weighted by molar-refractivity contribution is -0.131. The molecule has 0 aliphatic carbocycles. The third kappa shape index (κ3) is 8.07. The molecule has 2 aromatic carbocycles. The van der Waals surface area contributed by atoms with Crippen LogP contribution in [0.5, 0.6) is 5.75 Å². The van der Waals surface area contributed by atoms with Crippen LogP contribution in [0, 0.1) is 5.82 Å². The highest BCUT2D eigenvalue weighted by Gasteiger charge is 2.10. The van der Waals surface area contributed by atoms with Gasteiger partial charge in [-0.15, -0.1) is 11.8 Å². The lowest BCUT2D eigenvalue weighted by atomic mass is 10.1. The van der Waals surface area contributed by atoms with Gasteiger partial charge in [-0.2, -0.15) is 0 Å². The first-order valence-corrected chi connectivity index (χ1v) is 12.0. The molecule has 0 fully saturated rings. The highest BCUT2D eigenvalue weighted by atomic mass is 35.5. The van der Waals surface area contributed by atoms with E-state index in [4.69, 9.17) is 33.0 Å². The second-order valence-electron chi connectivity index (χ2n) is 7.13. The molecule has 1 aromatic heterocycles. The number of aromatic nitrogens is 1. The van der Waals surface area contributed by atoms with Gasteiger partial charge in [-0.3, -0.25) is 0 Å². The van der Waals surface area contributed by atoms with Crippen molar-refractivity contribution in [3.63, 3.8) is 0 Å². The van der Waals surface area contributed by atoms with Crippen LogP contribution in [0.3, 0.4) is 0 Å². The van der Waals surface area contributed by atoms with Crippen molar-refractivity contribution in [3.8, 4) is 5.75 Å². The van der Waals surface area contributed by atoms with Gasteiger partial charge in [0.2, 0.25) is 0 Å². The molecule has 0 amide bonds. The van der Waals surface area contributed by atoms with E-state index < -0.39 is 5.97 Å². The van der Waals surface area contributed by atoms with Gasteiger partial charge in [0.05, 0.1) is 22.3 Å². The molecule has 0 unspecified atom stereocenters. The number of nitrogens with zero attached hydrogens (tertiary/aromatic N) is 1. The number of aliphatic carboxylic acids is 1. The maximum Gasteiger partial charge on any atom is 0.328 e. The van der Waals surface area contributed by atoms with Crippen LogP contribution >= 0.6 is 35.0 Å². The zero-order chi connectivity index (χ0) is 23.6. The number of thioether (sulfide) groups is 1. The van der Waals surface area contributed by atoms with Gasteiger partial charge in [-0.1, -0.05) is 41.4 Å². The van der Waals surface area contributed by atoms with E-state index in [2.05, 4.69) is 4.98 Å². The summed E-state index contributed by atoms with van der Waals surface area (Å²) < 4.78 is 18.9. The second kappa shape index (κ2) is 12.6. The number of benzene rings is 2. The summed E-state index contributed by atoms with van der Waals surface area (Å²) in [6.07, 6.45) is 4.96. The van der Waals surface area contributed by atoms with Crippen molar-refractivity contribution in [2.24, 2.45) is 0 Å². The Morgan fingerprint density at radius 3 is 2.48 bits per heavy atom. The zero-order valence-electron chi connectivity index (χ0n) is 17.6. The summed E-state index contributed by atoms with van der Waals surface area (Å²) in [6.45, 7) is 0.458. The fraction of sp³-hybridized carbons (Fsp3) is 0.200. The van der Waals surface area contributed by atoms with Crippen molar-refractivity contribution < 1.29 is 19.0 Å². The smallest absolute Gasteiger partial charge is 0.328 e. The van der Waals surface area contributed by atoms with Crippen molar-refractivity contribution in [2.75, 3.05) is 6.61 Å². The maximum atomic E-state index is 13.0. The summed E-state index contributed by atoms with van der Waals surface area (Å²) in [5.41, 5.74) is 2.26. The van der Waals surface area contributed by atoms with Crippen LogP contribution in [-0.4, -0.2) is 22.7 Å². The average molecular weight is 506 g/mol. The number of carboxylic acid groups (broad SMARTS) is 1. The number of aryl methyl sites for hydroxylation is 1. The molecule has 0 aliphatic heterocycles. The fourth-order valence-corrected chi connectivity index (χ4v) is 4.60. The van der Waals surface area contributed by atoms with Crippen molar-refractivity contribution in [1.82, 2.24) is 4.98 Å². The summed E-state index contributed by atoms with van der Waals surface area (Å²) in [5, 5.41) is 10.1. The van der Waals surface area contributed by atoms with Crippen LogP contribution in [0.25, 0.3) is 6.08 Å². The van der Waals surface area contributed by atoms with Gasteiger partial charge in [-0.05, 0) is 67.3 Å². The zero-order valence-corrected chi connectivity index (χ0v) is 20.0. The molecule has 1 heterocycles. The lowest BCUT2D eigenvalue weighted by Crippen LogP contribution is -2.02. The molecule has 0 saturated heterocycles. The molecular formula is C25H22Cl2FNO3S. The molecule has 3 aromatic rings. The average Bonchev–Trinajstić information content (AvgIpc) is 2.79. The Bertz CT molecular complexity index is 1100. The molecule has 1 N–H and O–H groups in total. The highest BCUT2D eigenvalue weighted by molar-refractivity contribution is 7.98. The summed E-state index contributed by atoms with van der Waals surface area (Å²) in [5.74, 6) is -0.285. The second-order valence-corrected chi connectivity index (χ2v) is 8.93. The van der Waals surface area contributed by atoms with Gasteiger partial charge >= 0.3 is 5.97 Å². The summed E-state index contributed by atoms with van der Waals surface area (Å²) in [7, 11) is 0. The Balaban J connectivity index is 1.60. The molecule has 3 rings (SSSR count). The van der Waals surface area contributed by atoms with E-state index in [1.165, 1.54) is 30.0 Å². The van der Waals surface area contributed by atoms with Crippen LogP contribution < -0.4 is 4.74 Å². The Labute approximate surface area is 206 Å². The molecule has 0 bridgehead atoms. The number of halogens is 3. The predicted molar refractivity (Wildman–Crippen MR) is 132 cm³/mol. The first-order valence-electron chi connectivity index (χ1n) is 10.3. The number of hydrogen-bond acceptors (Lipinski definition) is 4.